The SMILES string of the molecule is Cc1cc(S(=O)(=O)N(Cc2ccsc2)C2CC2)sc1Br. The molecule has 2 heterocycles. The number of hydrogen-bond donors (Lipinski definition) is 0. The Morgan fingerprint density at radius 2 is 2.20 bits per heavy atom. The maximum atomic E-state index is 12.8. The summed E-state index contributed by atoms with van der Waals surface area (Å²) < 4.78 is 28.6. The number of halogens is 1. The van der Waals surface area contributed by atoms with Crippen LogP contribution in [0.4, 0.5) is 0 Å². The van der Waals surface area contributed by atoms with Crippen LogP contribution in [0.15, 0.2) is 30.9 Å². The maximum Gasteiger partial charge on any atom is 0.253 e. The minimum Gasteiger partial charge on any atom is -0.206 e. The second-order valence-electron chi connectivity index (χ2n) is 4.94. The first-order valence-electron chi connectivity index (χ1n) is 6.27. The Morgan fingerprint density at radius 1 is 1.45 bits per heavy atom. The third kappa shape index (κ3) is 2.87. The Balaban J connectivity index is 1.93. The summed E-state index contributed by atoms with van der Waals surface area (Å²) in [6.45, 7) is 2.39. The molecule has 0 unspecified atom stereocenters. The zero-order chi connectivity index (χ0) is 14.3. The third-order valence-electron chi connectivity index (χ3n) is 3.27. The fraction of sp³-hybridized carbons (Fsp3) is 0.385. The van der Waals surface area contributed by atoms with Crippen LogP contribution in [0.5, 0.6) is 0 Å². The second kappa shape index (κ2) is 5.53. The smallest absolute Gasteiger partial charge is 0.206 e. The Bertz CT molecular complexity index is 683. The summed E-state index contributed by atoms with van der Waals surface area (Å²) in [6.07, 6.45) is 1.93. The molecule has 0 aliphatic heterocycles. The van der Waals surface area contributed by atoms with E-state index in [1.807, 2.05) is 23.8 Å². The van der Waals surface area contributed by atoms with Gasteiger partial charge in [-0.15, -0.1) is 11.3 Å². The number of hydrogen-bond acceptors (Lipinski definition) is 4. The van der Waals surface area contributed by atoms with Crippen LogP contribution in [0.2, 0.25) is 0 Å². The molecule has 108 valence electrons. The molecule has 0 spiro atoms. The van der Waals surface area contributed by atoms with Crippen LogP contribution >= 0.6 is 38.6 Å². The maximum absolute atomic E-state index is 12.8. The van der Waals surface area contributed by atoms with Gasteiger partial charge in [0.2, 0.25) is 0 Å². The summed E-state index contributed by atoms with van der Waals surface area (Å²) in [5, 5.41) is 4.00. The molecule has 1 aliphatic carbocycles. The van der Waals surface area contributed by atoms with Crippen molar-refractivity contribution in [1.29, 1.82) is 0 Å². The lowest BCUT2D eigenvalue weighted by molar-refractivity contribution is 0.400. The van der Waals surface area contributed by atoms with Crippen LogP contribution in [0.25, 0.3) is 0 Å². The largest absolute Gasteiger partial charge is 0.253 e. The Morgan fingerprint density at radius 3 is 2.70 bits per heavy atom. The molecule has 3 rings (SSSR count). The average Bonchev–Trinajstić information content (AvgIpc) is 2.98. The molecule has 0 atom stereocenters. The quantitative estimate of drug-likeness (QED) is 0.764. The standard InChI is InChI=1S/C13H14BrNO2S3/c1-9-6-12(19-13(9)14)20(16,17)15(11-2-3-11)7-10-4-5-18-8-10/h4-6,8,11H,2-3,7H2,1H3. The van der Waals surface area contributed by atoms with Crippen LogP contribution in [-0.2, 0) is 16.6 Å². The van der Waals surface area contributed by atoms with E-state index in [4.69, 9.17) is 0 Å². The first-order chi connectivity index (χ1) is 9.48. The predicted molar refractivity (Wildman–Crippen MR) is 86.8 cm³/mol. The summed E-state index contributed by atoms with van der Waals surface area (Å²) in [7, 11) is -3.39. The Hall–Kier alpha value is -0.210. The van der Waals surface area contributed by atoms with Crippen molar-refractivity contribution in [3.05, 3.63) is 37.8 Å². The highest BCUT2D eigenvalue weighted by atomic mass is 79.9. The van der Waals surface area contributed by atoms with E-state index >= 15 is 0 Å². The van der Waals surface area contributed by atoms with Gasteiger partial charge in [-0.2, -0.15) is 15.6 Å². The number of thiophene rings is 2. The van der Waals surface area contributed by atoms with E-state index < -0.39 is 10.0 Å². The van der Waals surface area contributed by atoms with Crippen molar-refractivity contribution in [2.45, 2.75) is 36.6 Å². The molecule has 1 saturated carbocycles. The van der Waals surface area contributed by atoms with E-state index in [1.54, 1.807) is 21.7 Å². The van der Waals surface area contributed by atoms with Gasteiger partial charge >= 0.3 is 0 Å². The van der Waals surface area contributed by atoms with E-state index in [-0.39, 0.29) is 6.04 Å². The summed E-state index contributed by atoms with van der Waals surface area (Å²) in [6, 6.07) is 3.92. The third-order valence-corrected chi connectivity index (χ3v) is 8.49. The lowest BCUT2D eigenvalue weighted by Crippen LogP contribution is -2.32. The highest BCUT2D eigenvalue weighted by molar-refractivity contribution is 9.11. The molecule has 2 aromatic rings. The molecule has 1 fully saturated rings. The summed E-state index contributed by atoms with van der Waals surface area (Å²) in [5.74, 6) is 0. The van der Waals surface area contributed by atoms with Crippen molar-refractivity contribution in [3.8, 4) is 0 Å². The zero-order valence-electron chi connectivity index (χ0n) is 10.9. The molecule has 20 heavy (non-hydrogen) atoms. The van der Waals surface area contributed by atoms with Gasteiger partial charge in [0.15, 0.2) is 0 Å². The van der Waals surface area contributed by atoms with E-state index in [2.05, 4.69) is 15.9 Å². The first kappa shape index (κ1) is 14.7. The van der Waals surface area contributed by atoms with E-state index in [1.165, 1.54) is 11.3 Å². The molecule has 7 heteroatoms. The summed E-state index contributed by atoms with van der Waals surface area (Å²) >= 11 is 6.31. The molecule has 3 nitrogen and oxygen atoms in total. The fourth-order valence-corrected chi connectivity index (χ4v) is 6.70. The summed E-state index contributed by atoms with van der Waals surface area (Å²) in [5.41, 5.74) is 2.04. The van der Waals surface area contributed by atoms with Crippen molar-refractivity contribution in [3.63, 3.8) is 0 Å². The van der Waals surface area contributed by atoms with Crippen molar-refractivity contribution in [2.24, 2.45) is 0 Å². The molecule has 0 N–H and O–H groups in total. The first-order valence-corrected chi connectivity index (χ1v) is 10.3. The molecule has 1 aliphatic rings. The Kier molecular flexibility index (Phi) is 4.07. The molecule has 0 radical (unpaired) electrons. The lowest BCUT2D eigenvalue weighted by atomic mass is 10.3. The fourth-order valence-electron chi connectivity index (χ4n) is 2.01. The van der Waals surface area contributed by atoms with Crippen LogP contribution in [0, 0.1) is 6.92 Å². The number of sulfonamides is 1. The highest BCUT2D eigenvalue weighted by Gasteiger charge is 2.39. The second-order valence-corrected chi connectivity index (χ2v) is 10.2. The molecule has 0 aromatic carbocycles. The van der Waals surface area contributed by atoms with Gasteiger partial charge in [-0.1, -0.05) is 0 Å². The lowest BCUT2D eigenvalue weighted by Gasteiger charge is -2.20. The molecule has 0 saturated heterocycles. The Labute approximate surface area is 135 Å². The molecular formula is C13H14BrNO2S3. The van der Waals surface area contributed by atoms with Gasteiger partial charge in [0.25, 0.3) is 10.0 Å². The van der Waals surface area contributed by atoms with E-state index in [0.717, 1.165) is 27.8 Å². The van der Waals surface area contributed by atoms with E-state index in [0.29, 0.717) is 10.8 Å². The van der Waals surface area contributed by atoms with Gasteiger partial charge in [-0.05, 0) is 69.7 Å². The minimum atomic E-state index is -3.39. The zero-order valence-corrected chi connectivity index (χ0v) is 14.9. The average molecular weight is 392 g/mol. The molecule has 0 bridgehead atoms. The van der Waals surface area contributed by atoms with Gasteiger partial charge in [-0.3, -0.25) is 0 Å². The van der Waals surface area contributed by atoms with Crippen LogP contribution in [0.3, 0.4) is 0 Å². The van der Waals surface area contributed by atoms with Gasteiger partial charge in [0.1, 0.15) is 4.21 Å². The molecule has 0 amide bonds. The monoisotopic (exact) mass is 391 g/mol. The minimum absolute atomic E-state index is 0.168. The predicted octanol–water partition coefficient (Wildman–Crippen LogP) is 4.23. The number of aryl methyl sites for hydroxylation is 1. The molecule has 2 aromatic heterocycles. The topological polar surface area (TPSA) is 37.4 Å². The van der Waals surface area contributed by atoms with Gasteiger partial charge < -0.3 is 0 Å². The number of rotatable bonds is 5. The van der Waals surface area contributed by atoms with Gasteiger partial charge in [0, 0.05) is 12.6 Å². The van der Waals surface area contributed by atoms with E-state index in [9.17, 15) is 8.42 Å². The van der Waals surface area contributed by atoms with Crippen LogP contribution < -0.4 is 0 Å². The van der Waals surface area contributed by atoms with Crippen molar-refractivity contribution < 1.29 is 8.42 Å². The van der Waals surface area contributed by atoms with Crippen molar-refractivity contribution >= 4 is 48.6 Å². The molecular weight excluding hydrogens is 378 g/mol. The van der Waals surface area contributed by atoms with Gasteiger partial charge in [-0.25, -0.2) is 8.42 Å². The number of nitrogens with zero attached hydrogens (tertiary/aromatic N) is 1. The van der Waals surface area contributed by atoms with Crippen molar-refractivity contribution in [2.75, 3.05) is 0 Å². The normalized spacial score (nSPS) is 15.9. The van der Waals surface area contributed by atoms with Crippen LogP contribution in [-0.4, -0.2) is 18.8 Å². The van der Waals surface area contributed by atoms with Crippen LogP contribution in [0.1, 0.15) is 24.0 Å². The highest BCUT2D eigenvalue weighted by Crippen LogP contribution is 2.38. The van der Waals surface area contributed by atoms with Gasteiger partial charge in [0.05, 0.1) is 3.79 Å². The summed E-state index contributed by atoms with van der Waals surface area (Å²) in [4.78, 5) is 0. The van der Waals surface area contributed by atoms with Crippen molar-refractivity contribution in [1.82, 2.24) is 4.31 Å².